The SMILES string of the molecule is Nc1noc2ccc(-n3nc(C(F)(F)F)c4ccc(-c5ccc(-c6ncccc6O)cc5F)c(F)c43)cc12. The van der Waals surface area contributed by atoms with Crippen molar-refractivity contribution in [2.75, 3.05) is 5.73 Å². The van der Waals surface area contributed by atoms with E-state index in [1.165, 1.54) is 48.7 Å². The molecule has 3 aromatic carbocycles. The minimum absolute atomic E-state index is 0.00313. The van der Waals surface area contributed by atoms with Crippen LogP contribution in [0.2, 0.25) is 0 Å². The number of anilines is 1. The molecule has 0 aliphatic rings. The summed E-state index contributed by atoms with van der Waals surface area (Å²) in [5.41, 5.74) is 4.15. The van der Waals surface area contributed by atoms with Gasteiger partial charge in [0.25, 0.3) is 0 Å². The van der Waals surface area contributed by atoms with Gasteiger partial charge in [0.2, 0.25) is 0 Å². The second-order valence-electron chi connectivity index (χ2n) is 8.40. The van der Waals surface area contributed by atoms with Gasteiger partial charge in [0.05, 0.1) is 11.1 Å². The summed E-state index contributed by atoms with van der Waals surface area (Å²) in [6.45, 7) is 0. The Labute approximate surface area is 209 Å². The van der Waals surface area contributed by atoms with Crippen LogP contribution in [0.15, 0.2) is 71.4 Å². The van der Waals surface area contributed by atoms with Crippen LogP contribution in [-0.4, -0.2) is 25.0 Å². The summed E-state index contributed by atoms with van der Waals surface area (Å²) in [4.78, 5) is 4.02. The first kappa shape index (κ1) is 23.4. The molecule has 0 unspecified atom stereocenters. The molecule has 0 saturated carbocycles. The number of halogens is 5. The van der Waals surface area contributed by atoms with Crippen LogP contribution in [0.1, 0.15) is 5.69 Å². The topological polar surface area (TPSA) is 103 Å². The number of hydrogen-bond acceptors (Lipinski definition) is 6. The van der Waals surface area contributed by atoms with E-state index in [4.69, 9.17) is 10.3 Å². The fourth-order valence-electron chi connectivity index (χ4n) is 4.35. The van der Waals surface area contributed by atoms with Gasteiger partial charge >= 0.3 is 6.18 Å². The van der Waals surface area contributed by atoms with Crippen molar-refractivity contribution in [1.29, 1.82) is 0 Å². The summed E-state index contributed by atoms with van der Waals surface area (Å²) in [7, 11) is 0. The molecule has 12 heteroatoms. The number of nitrogens with zero attached hydrogens (tertiary/aromatic N) is 4. The summed E-state index contributed by atoms with van der Waals surface area (Å²) < 4.78 is 78.6. The van der Waals surface area contributed by atoms with E-state index in [1.54, 1.807) is 0 Å². The van der Waals surface area contributed by atoms with Crippen LogP contribution in [-0.2, 0) is 6.18 Å². The molecule has 0 aliphatic carbocycles. The maximum absolute atomic E-state index is 16.0. The zero-order chi connectivity index (χ0) is 26.8. The second kappa shape index (κ2) is 8.26. The monoisotopic (exact) mass is 523 g/mol. The molecule has 0 saturated heterocycles. The van der Waals surface area contributed by atoms with Gasteiger partial charge in [-0.25, -0.2) is 13.5 Å². The Bertz CT molecular complexity index is 1880. The number of pyridine rings is 1. The smallest absolute Gasteiger partial charge is 0.435 e. The summed E-state index contributed by atoms with van der Waals surface area (Å²) in [6.07, 6.45) is -3.48. The minimum Gasteiger partial charge on any atom is -0.506 e. The maximum Gasteiger partial charge on any atom is 0.435 e. The number of aromatic hydroxyl groups is 1. The molecule has 3 N–H and O–H groups in total. The summed E-state index contributed by atoms with van der Waals surface area (Å²) >= 11 is 0. The molecular formula is C26H14F5N5O2. The van der Waals surface area contributed by atoms with Crippen LogP contribution in [0.25, 0.3) is 49.9 Å². The minimum atomic E-state index is -4.89. The Hall–Kier alpha value is -5.00. The molecule has 190 valence electrons. The van der Waals surface area contributed by atoms with E-state index in [-0.39, 0.29) is 45.2 Å². The van der Waals surface area contributed by atoms with Crippen molar-refractivity contribution < 1.29 is 31.6 Å². The zero-order valence-corrected chi connectivity index (χ0v) is 19.0. The van der Waals surface area contributed by atoms with Gasteiger partial charge in [0.15, 0.2) is 22.9 Å². The van der Waals surface area contributed by atoms with Crippen LogP contribution < -0.4 is 5.73 Å². The van der Waals surface area contributed by atoms with Gasteiger partial charge in [-0.3, -0.25) is 4.98 Å². The Morgan fingerprint density at radius 2 is 1.71 bits per heavy atom. The first-order chi connectivity index (χ1) is 18.1. The third kappa shape index (κ3) is 3.60. The fourth-order valence-corrected chi connectivity index (χ4v) is 4.35. The molecule has 6 aromatic rings. The van der Waals surface area contributed by atoms with Crippen molar-refractivity contribution in [3.63, 3.8) is 0 Å². The molecule has 0 radical (unpaired) electrons. The van der Waals surface area contributed by atoms with Gasteiger partial charge in [-0.1, -0.05) is 23.4 Å². The lowest BCUT2D eigenvalue weighted by molar-refractivity contribution is -0.140. The average Bonchev–Trinajstić information content (AvgIpc) is 3.46. The third-order valence-corrected chi connectivity index (χ3v) is 6.10. The number of nitrogen functional groups attached to an aromatic ring is 1. The van der Waals surface area contributed by atoms with Crippen molar-refractivity contribution in [1.82, 2.24) is 19.9 Å². The van der Waals surface area contributed by atoms with Gasteiger partial charge in [-0.15, -0.1) is 0 Å². The number of nitrogens with two attached hydrogens (primary N) is 1. The van der Waals surface area contributed by atoms with Gasteiger partial charge in [0.1, 0.15) is 22.8 Å². The van der Waals surface area contributed by atoms with Crippen LogP contribution in [0.4, 0.5) is 27.8 Å². The largest absolute Gasteiger partial charge is 0.506 e. The summed E-state index contributed by atoms with van der Waals surface area (Å²) in [5.74, 6) is -2.17. The lowest BCUT2D eigenvalue weighted by Crippen LogP contribution is -2.07. The van der Waals surface area contributed by atoms with Gasteiger partial charge in [-0.05, 0) is 42.5 Å². The molecule has 6 rings (SSSR count). The highest BCUT2D eigenvalue weighted by Gasteiger charge is 2.38. The second-order valence-corrected chi connectivity index (χ2v) is 8.40. The van der Waals surface area contributed by atoms with E-state index >= 15 is 8.78 Å². The molecule has 0 bridgehead atoms. The molecule has 7 nitrogen and oxygen atoms in total. The predicted molar refractivity (Wildman–Crippen MR) is 128 cm³/mol. The van der Waals surface area contributed by atoms with E-state index < -0.39 is 34.4 Å². The van der Waals surface area contributed by atoms with Crippen LogP contribution >= 0.6 is 0 Å². The highest BCUT2D eigenvalue weighted by atomic mass is 19.4. The zero-order valence-electron chi connectivity index (χ0n) is 19.0. The van der Waals surface area contributed by atoms with Crippen LogP contribution in [0.3, 0.4) is 0 Å². The molecule has 0 spiro atoms. The van der Waals surface area contributed by atoms with Crippen LogP contribution in [0, 0.1) is 11.6 Å². The number of aromatic nitrogens is 4. The normalized spacial score (nSPS) is 12.0. The van der Waals surface area contributed by atoms with Crippen LogP contribution in [0.5, 0.6) is 5.75 Å². The first-order valence-electron chi connectivity index (χ1n) is 11.0. The molecule has 0 aliphatic heterocycles. The molecular weight excluding hydrogens is 509 g/mol. The fraction of sp³-hybridized carbons (Fsp3) is 0.0385. The number of alkyl halides is 3. The Balaban J connectivity index is 1.57. The molecule has 0 fully saturated rings. The lowest BCUT2D eigenvalue weighted by Gasteiger charge is -2.11. The van der Waals surface area contributed by atoms with E-state index in [0.717, 1.165) is 22.9 Å². The van der Waals surface area contributed by atoms with E-state index in [2.05, 4.69) is 15.2 Å². The predicted octanol–water partition coefficient (Wildman–Crippen LogP) is 6.48. The van der Waals surface area contributed by atoms with Gasteiger partial charge in [-0.2, -0.15) is 18.3 Å². The molecule has 38 heavy (non-hydrogen) atoms. The van der Waals surface area contributed by atoms with E-state index in [0.29, 0.717) is 5.39 Å². The quantitative estimate of drug-likeness (QED) is 0.258. The van der Waals surface area contributed by atoms with Crippen molar-refractivity contribution in [3.8, 4) is 33.8 Å². The Morgan fingerprint density at radius 3 is 2.45 bits per heavy atom. The molecule has 0 atom stereocenters. The Morgan fingerprint density at radius 1 is 0.921 bits per heavy atom. The Kier molecular flexibility index (Phi) is 5.09. The highest BCUT2D eigenvalue weighted by molar-refractivity contribution is 5.92. The van der Waals surface area contributed by atoms with Crippen molar-refractivity contribution >= 4 is 27.7 Å². The number of rotatable bonds is 3. The molecule has 3 heterocycles. The highest BCUT2D eigenvalue weighted by Crippen LogP contribution is 2.40. The van der Waals surface area contributed by atoms with Crippen molar-refractivity contribution in [2.24, 2.45) is 0 Å². The van der Waals surface area contributed by atoms with Gasteiger partial charge in [0, 0.05) is 28.3 Å². The van der Waals surface area contributed by atoms with E-state index in [9.17, 15) is 18.3 Å². The standard InChI is InChI=1S/C26H14F5N5O2/c27-18-10-12(22-19(37)2-1-9-33-22)3-5-14(18)15-6-7-16-23(21(15)28)36(34-24(16)26(29,30)31)13-4-8-20-17(11-13)25(32)35-38-20/h1-11,37H,(H2,32,35). The number of hydrogen-bond donors (Lipinski definition) is 2. The van der Waals surface area contributed by atoms with Crippen molar-refractivity contribution in [2.45, 2.75) is 6.18 Å². The van der Waals surface area contributed by atoms with E-state index in [1.807, 2.05) is 0 Å². The first-order valence-corrected chi connectivity index (χ1v) is 11.0. The average molecular weight is 523 g/mol. The lowest BCUT2D eigenvalue weighted by atomic mass is 9.99. The summed E-state index contributed by atoms with van der Waals surface area (Å²) in [5, 5.41) is 17.1. The maximum atomic E-state index is 16.0. The van der Waals surface area contributed by atoms with Crippen molar-refractivity contribution in [3.05, 3.63) is 84.2 Å². The van der Waals surface area contributed by atoms with Gasteiger partial charge < -0.3 is 15.4 Å². The molecule has 3 aromatic heterocycles. The third-order valence-electron chi connectivity index (χ3n) is 6.10. The molecule has 0 amide bonds. The number of fused-ring (bicyclic) bond motifs is 2. The number of benzene rings is 3. The summed E-state index contributed by atoms with van der Waals surface area (Å²) in [6, 6.07) is 12.9.